The molecule has 6 heteroatoms. The average Bonchev–Trinajstić information content (AvgIpc) is 3.56. The Morgan fingerprint density at radius 3 is 2.57 bits per heavy atom. The van der Waals surface area contributed by atoms with Crippen LogP contribution in [0.2, 0.25) is 10.0 Å². The second-order valence-electron chi connectivity index (χ2n) is 7.84. The van der Waals surface area contributed by atoms with Gasteiger partial charge in [-0.1, -0.05) is 41.4 Å². The zero-order chi connectivity index (χ0) is 19.5. The number of pyridine rings is 1. The summed E-state index contributed by atoms with van der Waals surface area (Å²) in [7, 11) is 0. The molecule has 1 aromatic carbocycles. The zero-order valence-corrected chi connectivity index (χ0v) is 17.3. The Kier molecular flexibility index (Phi) is 6.19. The first-order valence-electron chi connectivity index (χ1n) is 9.98. The van der Waals surface area contributed by atoms with Crippen LogP contribution in [-0.4, -0.2) is 28.9 Å². The molecule has 1 N–H and O–H groups in total. The predicted octanol–water partition coefficient (Wildman–Crippen LogP) is 4.87. The summed E-state index contributed by atoms with van der Waals surface area (Å²) in [4.78, 5) is 19.4. The van der Waals surface area contributed by atoms with Crippen molar-refractivity contribution >= 4 is 29.1 Å². The molecule has 1 amide bonds. The van der Waals surface area contributed by atoms with E-state index in [9.17, 15) is 4.79 Å². The summed E-state index contributed by atoms with van der Waals surface area (Å²) in [5.41, 5.74) is 2.03. The Morgan fingerprint density at radius 1 is 1.11 bits per heavy atom. The third-order valence-corrected chi connectivity index (χ3v) is 6.64. The number of carbonyl (C=O) groups is 1. The van der Waals surface area contributed by atoms with E-state index in [4.69, 9.17) is 23.2 Å². The van der Waals surface area contributed by atoms with Gasteiger partial charge in [-0.15, -0.1) is 0 Å². The Hall–Kier alpha value is -1.62. The summed E-state index contributed by atoms with van der Waals surface area (Å²) in [5, 5.41) is 4.54. The maximum atomic E-state index is 12.4. The molecule has 0 radical (unpaired) electrons. The molecular formula is C22H25Cl2N3O. The van der Waals surface area contributed by atoms with Crippen LogP contribution in [0.5, 0.6) is 0 Å². The van der Waals surface area contributed by atoms with Crippen molar-refractivity contribution in [1.29, 1.82) is 0 Å². The number of nitrogens with zero attached hydrogens (tertiary/aromatic N) is 2. The molecule has 4 nitrogen and oxygen atoms in total. The summed E-state index contributed by atoms with van der Waals surface area (Å²) in [6, 6.07) is 11.7. The molecule has 28 heavy (non-hydrogen) atoms. The van der Waals surface area contributed by atoms with Crippen LogP contribution in [-0.2, 0) is 11.3 Å². The Bertz CT molecular complexity index is 818. The lowest BCUT2D eigenvalue weighted by Crippen LogP contribution is -2.41. The van der Waals surface area contributed by atoms with Crippen LogP contribution in [0.1, 0.15) is 43.0 Å². The fraction of sp³-hybridized carbons (Fsp3) is 0.455. The minimum Gasteiger partial charge on any atom is -0.347 e. The highest BCUT2D eigenvalue weighted by atomic mass is 35.5. The molecule has 0 bridgehead atoms. The number of hydrogen-bond acceptors (Lipinski definition) is 3. The third kappa shape index (κ3) is 4.68. The van der Waals surface area contributed by atoms with Gasteiger partial charge < -0.3 is 5.32 Å². The monoisotopic (exact) mass is 417 g/mol. The molecular weight excluding hydrogens is 393 g/mol. The first-order chi connectivity index (χ1) is 13.6. The average molecular weight is 418 g/mol. The van der Waals surface area contributed by atoms with Crippen LogP contribution in [0.4, 0.5) is 0 Å². The molecule has 1 aliphatic heterocycles. The van der Waals surface area contributed by atoms with E-state index < -0.39 is 0 Å². The summed E-state index contributed by atoms with van der Waals surface area (Å²) >= 11 is 12.5. The van der Waals surface area contributed by atoms with Gasteiger partial charge in [0.25, 0.3) is 0 Å². The van der Waals surface area contributed by atoms with E-state index in [-0.39, 0.29) is 17.9 Å². The maximum Gasteiger partial charge on any atom is 0.223 e. The highest BCUT2D eigenvalue weighted by molar-refractivity contribution is 6.42. The van der Waals surface area contributed by atoms with E-state index in [2.05, 4.69) is 15.2 Å². The van der Waals surface area contributed by atoms with Gasteiger partial charge >= 0.3 is 0 Å². The zero-order valence-electron chi connectivity index (χ0n) is 15.8. The summed E-state index contributed by atoms with van der Waals surface area (Å²) in [6.07, 6.45) is 5.87. The third-order valence-electron chi connectivity index (χ3n) is 5.78. The molecule has 1 aromatic heterocycles. The number of rotatable bonds is 6. The second-order valence-corrected chi connectivity index (χ2v) is 8.63. The van der Waals surface area contributed by atoms with Crippen molar-refractivity contribution in [2.45, 2.75) is 38.3 Å². The van der Waals surface area contributed by atoms with Crippen molar-refractivity contribution in [3.8, 4) is 0 Å². The molecule has 1 atom stereocenters. The van der Waals surface area contributed by atoms with Gasteiger partial charge in [-0.3, -0.25) is 14.7 Å². The van der Waals surface area contributed by atoms with Gasteiger partial charge in [-0.2, -0.15) is 0 Å². The van der Waals surface area contributed by atoms with Crippen LogP contribution < -0.4 is 5.32 Å². The first-order valence-corrected chi connectivity index (χ1v) is 10.7. The van der Waals surface area contributed by atoms with Gasteiger partial charge in [0.05, 0.1) is 21.8 Å². The van der Waals surface area contributed by atoms with Crippen molar-refractivity contribution in [2.75, 3.05) is 13.1 Å². The van der Waals surface area contributed by atoms with Crippen LogP contribution in [0.25, 0.3) is 0 Å². The quantitative estimate of drug-likeness (QED) is 0.728. The van der Waals surface area contributed by atoms with E-state index in [0.29, 0.717) is 16.0 Å². The molecule has 0 spiro atoms. The predicted molar refractivity (Wildman–Crippen MR) is 112 cm³/mol. The summed E-state index contributed by atoms with van der Waals surface area (Å²) in [5.74, 6) is 0.781. The molecule has 148 valence electrons. The van der Waals surface area contributed by atoms with Crippen molar-refractivity contribution in [3.63, 3.8) is 0 Å². The van der Waals surface area contributed by atoms with Gasteiger partial charge in [0.2, 0.25) is 5.91 Å². The number of halogens is 2. The van der Waals surface area contributed by atoms with Crippen molar-refractivity contribution < 1.29 is 4.79 Å². The number of carbonyl (C=O) groups excluding carboxylic acids is 1. The fourth-order valence-corrected chi connectivity index (χ4v) is 4.35. The molecule has 0 unspecified atom stereocenters. The van der Waals surface area contributed by atoms with Gasteiger partial charge in [0.1, 0.15) is 0 Å². The van der Waals surface area contributed by atoms with E-state index in [1.54, 1.807) is 0 Å². The van der Waals surface area contributed by atoms with Crippen LogP contribution in [0.15, 0.2) is 42.6 Å². The molecule has 2 aliphatic rings. The number of aromatic nitrogens is 1. The minimum atomic E-state index is -0.00814. The fourth-order valence-electron chi connectivity index (χ4n) is 3.97. The molecule has 2 aromatic rings. The number of amides is 1. The number of likely N-dealkylation sites (tertiary alicyclic amines) is 1. The van der Waals surface area contributed by atoms with Crippen molar-refractivity contribution in [3.05, 3.63) is 63.9 Å². The van der Waals surface area contributed by atoms with Gasteiger partial charge in [-0.05, 0) is 68.5 Å². The van der Waals surface area contributed by atoms with Gasteiger partial charge in [-0.25, -0.2) is 0 Å². The van der Waals surface area contributed by atoms with Crippen molar-refractivity contribution in [2.24, 2.45) is 11.8 Å². The van der Waals surface area contributed by atoms with Crippen LogP contribution >= 0.6 is 23.2 Å². The molecule has 1 saturated carbocycles. The first kappa shape index (κ1) is 19.7. The van der Waals surface area contributed by atoms with Gasteiger partial charge in [0.15, 0.2) is 0 Å². The number of nitrogens with one attached hydrogen (secondary N) is 1. The topological polar surface area (TPSA) is 45.2 Å². The number of hydrogen-bond donors (Lipinski definition) is 1. The highest BCUT2D eigenvalue weighted by Gasteiger charge is 2.35. The van der Waals surface area contributed by atoms with Crippen molar-refractivity contribution in [1.82, 2.24) is 15.2 Å². The lowest BCUT2D eigenvalue weighted by molar-refractivity contribution is -0.123. The molecule has 2 heterocycles. The Labute approximate surface area is 176 Å². The maximum absolute atomic E-state index is 12.4. The molecule has 4 rings (SSSR count). The largest absolute Gasteiger partial charge is 0.347 e. The van der Waals surface area contributed by atoms with Crippen LogP contribution in [0.3, 0.4) is 0 Å². The molecule has 2 fully saturated rings. The van der Waals surface area contributed by atoms with E-state index in [1.807, 2.05) is 42.6 Å². The molecule has 1 aliphatic carbocycles. The Balaban J connectivity index is 1.41. The van der Waals surface area contributed by atoms with E-state index in [1.165, 1.54) is 0 Å². The smallest absolute Gasteiger partial charge is 0.223 e. The van der Waals surface area contributed by atoms with Crippen LogP contribution in [0, 0.1) is 11.8 Å². The highest BCUT2D eigenvalue weighted by Crippen LogP contribution is 2.34. The second kappa shape index (κ2) is 8.81. The standard InChI is InChI=1S/C22H25Cl2N3O/c23-18-5-3-4-17(20(18)24)14-27-12-9-15(10-13-27)21(19-6-1-2-11-25-19)26-22(28)16-7-8-16/h1-6,11,15-16,21H,7-10,12-14H2,(H,26,28)/t21-/m0/s1. The number of benzene rings is 1. The lowest BCUT2D eigenvalue weighted by atomic mass is 9.87. The summed E-state index contributed by atoms with van der Waals surface area (Å²) in [6.45, 7) is 2.74. The van der Waals surface area contributed by atoms with E-state index >= 15 is 0 Å². The normalized spacial score (nSPS) is 19.4. The van der Waals surface area contributed by atoms with E-state index in [0.717, 1.165) is 56.6 Å². The Morgan fingerprint density at radius 2 is 1.89 bits per heavy atom. The lowest BCUT2D eigenvalue weighted by Gasteiger charge is -2.36. The number of piperidine rings is 1. The van der Waals surface area contributed by atoms with Gasteiger partial charge in [0, 0.05) is 18.7 Å². The summed E-state index contributed by atoms with van der Waals surface area (Å²) < 4.78 is 0. The SMILES string of the molecule is O=C(N[C@H](c1ccccn1)C1CCN(Cc2cccc(Cl)c2Cl)CC1)C1CC1. The molecule has 1 saturated heterocycles. The minimum absolute atomic E-state index is 0.00814.